The third-order valence-electron chi connectivity index (χ3n) is 1.77. The largest absolute Gasteiger partial charge is 0.398 e. The molecule has 12 heavy (non-hydrogen) atoms. The van der Waals surface area contributed by atoms with Gasteiger partial charge in [-0.05, 0) is 30.7 Å². The predicted octanol–water partition coefficient (Wildman–Crippen LogP) is 1.56. The van der Waals surface area contributed by atoms with Crippen LogP contribution < -0.4 is 17.0 Å². The number of rotatable bonds is 2. The van der Waals surface area contributed by atoms with Crippen LogP contribution in [0, 0.1) is 0 Å². The second-order valence-corrected chi connectivity index (χ2v) is 3.58. The van der Waals surface area contributed by atoms with E-state index < -0.39 is 0 Å². The number of anilines is 1. The van der Waals surface area contributed by atoms with Crippen LogP contribution in [0.15, 0.2) is 22.7 Å². The fourth-order valence-electron chi connectivity index (χ4n) is 1.01. The Morgan fingerprint density at radius 1 is 1.50 bits per heavy atom. The highest BCUT2D eigenvalue weighted by Gasteiger charge is 2.06. The maximum Gasteiger partial charge on any atom is 0.0452 e. The van der Waals surface area contributed by atoms with Crippen LogP contribution in [0.1, 0.15) is 18.5 Å². The van der Waals surface area contributed by atoms with Crippen LogP contribution >= 0.6 is 15.9 Å². The van der Waals surface area contributed by atoms with Crippen molar-refractivity contribution in [1.82, 2.24) is 5.43 Å². The van der Waals surface area contributed by atoms with Crippen LogP contribution in [-0.4, -0.2) is 0 Å². The highest BCUT2D eigenvalue weighted by Crippen LogP contribution is 2.23. The minimum Gasteiger partial charge on any atom is -0.398 e. The van der Waals surface area contributed by atoms with Gasteiger partial charge in [-0.3, -0.25) is 11.3 Å². The molecule has 0 spiro atoms. The third-order valence-corrected chi connectivity index (χ3v) is 2.26. The molecule has 3 nitrogen and oxygen atoms in total. The number of nitrogens with two attached hydrogens (primary N) is 2. The summed E-state index contributed by atoms with van der Waals surface area (Å²) in [6, 6.07) is 5.79. The average molecular weight is 230 g/mol. The molecule has 66 valence electrons. The third kappa shape index (κ3) is 1.97. The summed E-state index contributed by atoms with van der Waals surface area (Å²) in [5, 5.41) is 0. The number of hydrogen-bond donors (Lipinski definition) is 3. The van der Waals surface area contributed by atoms with Crippen molar-refractivity contribution in [1.29, 1.82) is 0 Å². The van der Waals surface area contributed by atoms with E-state index in [-0.39, 0.29) is 6.04 Å². The quantitative estimate of drug-likeness (QED) is 0.410. The maximum absolute atomic E-state index is 5.75. The standard InChI is InChI=1S/C8H12BrN3/c1-5(12-11)7-4-6(9)2-3-8(7)10/h2-5,12H,10-11H2,1H3. The molecule has 4 heteroatoms. The summed E-state index contributed by atoms with van der Waals surface area (Å²) in [7, 11) is 0. The number of hydrogen-bond acceptors (Lipinski definition) is 3. The number of nitrogens with one attached hydrogen (secondary N) is 1. The van der Waals surface area contributed by atoms with E-state index in [1.54, 1.807) is 0 Å². The molecule has 0 aliphatic heterocycles. The molecule has 0 saturated carbocycles. The number of benzene rings is 1. The van der Waals surface area contributed by atoms with Gasteiger partial charge in [0, 0.05) is 16.2 Å². The Balaban J connectivity index is 3.04. The predicted molar refractivity (Wildman–Crippen MR) is 54.3 cm³/mol. The van der Waals surface area contributed by atoms with Gasteiger partial charge in [0.05, 0.1) is 0 Å². The van der Waals surface area contributed by atoms with E-state index in [2.05, 4.69) is 21.4 Å². The topological polar surface area (TPSA) is 64.1 Å². The van der Waals surface area contributed by atoms with Gasteiger partial charge in [-0.1, -0.05) is 15.9 Å². The van der Waals surface area contributed by atoms with Crippen molar-refractivity contribution < 1.29 is 0 Å². The Hall–Kier alpha value is -0.580. The van der Waals surface area contributed by atoms with E-state index in [4.69, 9.17) is 11.6 Å². The first-order valence-corrected chi connectivity index (χ1v) is 4.45. The highest BCUT2D eigenvalue weighted by atomic mass is 79.9. The molecule has 0 bridgehead atoms. The summed E-state index contributed by atoms with van der Waals surface area (Å²) >= 11 is 3.37. The molecule has 0 aromatic heterocycles. The number of nitrogen functional groups attached to an aromatic ring is 1. The van der Waals surface area contributed by atoms with Gasteiger partial charge < -0.3 is 5.73 Å². The fourth-order valence-corrected chi connectivity index (χ4v) is 1.39. The van der Waals surface area contributed by atoms with Crippen molar-refractivity contribution in [3.8, 4) is 0 Å². The Morgan fingerprint density at radius 2 is 2.17 bits per heavy atom. The second-order valence-electron chi connectivity index (χ2n) is 2.66. The molecule has 0 aliphatic carbocycles. The Labute approximate surface area is 80.2 Å². The minimum absolute atomic E-state index is 0.0718. The summed E-state index contributed by atoms with van der Waals surface area (Å²) in [6.07, 6.45) is 0. The van der Waals surface area contributed by atoms with Crippen molar-refractivity contribution in [2.75, 3.05) is 5.73 Å². The first-order valence-electron chi connectivity index (χ1n) is 3.66. The first kappa shape index (κ1) is 9.51. The molecule has 0 saturated heterocycles. The molecule has 1 unspecified atom stereocenters. The lowest BCUT2D eigenvalue weighted by Gasteiger charge is -2.13. The minimum atomic E-state index is 0.0718. The molecule has 0 fully saturated rings. The Kier molecular flexibility index (Phi) is 3.08. The maximum atomic E-state index is 5.75. The molecule has 1 aromatic carbocycles. The SMILES string of the molecule is CC(NN)c1cc(Br)ccc1N. The summed E-state index contributed by atoms with van der Waals surface area (Å²) in [5.74, 6) is 5.30. The van der Waals surface area contributed by atoms with Crippen LogP contribution in [0.25, 0.3) is 0 Å². The van der Waals surface area contributed by atoms with Crippen LogP contribution in [-0.2, 0) is 0 Å². The molecule has 0 radical (unpaired) electrons. The van der Waals surface area contributed by atoms with E-state index in [0.29, 0.717) is 0 Å². The summed E-state index contributed by atoms with van der Waals surface area (Å²) in [6.45, 7) is 1.96. The van der Waals surface area contributed by atoms with Crippen molar-refractivity contribution in [3.05, 3.63) is 28.2 Å². The molecule has 5 N–H and O–H groups in total. The molecule has 1 atom stereocenters. The number of hydrazine groups is 1. The van der Waals surface area contributed by atoms with Gasteiger partial charge in [0.25, 0.3) is 0 Å². The lowest BCUT2D eigenvalue weighted by Crippen LogP contribution is -2.26. The summed E-state index contributed by atoms with van der Waals surface area (Å²) < 4.78 is 1.01. The van der Waals surface area contributed by atoms with E-state index in [9.17, 15) is 0 Å². The molecule has 0 amide bonds. The zero-order chi connectivity index (χ0) is 9.14. The lowest BCUT2D eigenvalue weighted by atomic mass is 10.1. The van der Waals surface area contributed by atoms with E-state index in [1.807, 2.05) is 25.1 Å². The van der Waals surface area contributed by atoms with Gasteiger partial charge >= 0.3 is 0 Å². The van der Waals surface area contributed by atoms with Gasteiger partial charge in [0.1, 0.15) is 0 Å². The number of halogens is 1. The zero-order valence-corrected chi connectivity index (χ0v) is 8.43. The lowest BCUT2D eigenvalue weighted by molar-refractivity contribution is 0.604. The monoisotopic (exact) mass is 229 g/mol. The van der Waals surface area contributed by atoms with E-state index in [1.165, 1.54) is 0 Å². The van der Waals surface area contributed by atoms with Gasteiger partial charge in [-0.2, -0.15) is 0 Å². The summed E-state index contributed by atoms with van der Waals surface area (Å²) in [5.41, 5.74) is 10.2. The Bertz CT molecular complexity index is 275. The van der Waals surface area contributed by atoms with Crippen molar-refractivity contribution >= 4 is 21.6 Å². The zero-order valence-electron chi connectivity index (χ0n) is 6.84. The van der Waals surface area contributed by atoms with Gasteiger partial charge in [0.2, 0.25) is 0 Å². The molecule has 0 aliphatic rings. The van der Waals surface area contributed by atoms with Crippen molar-refractivity contribution in [3.63, 3.8) is 0 Å². The molecule has 0 heterocycles. The molecular formula is C8H12BrN3. The van der Waals surface area contributed by atoms with Crippen molar-refractivity contribution in [2.24, 2.45) is 5.84 Å². The molecular weight excluding hydrogens is 218 g/mol. The van der Waals surface area contributed by atoms with Crippen LogP contribution in [0.2, 0.25) is 0 Å². The molecule has 1 aromatic rings. The van der Waals surface area contributed by atoms with E-state index >= 15 is 0 Å². The van der Waals surface area contributed by atoms with Crippen LogP contribution in [0.5, 0.6) is 0 Å². The smallest absolute Gasteiger partial charge is 0.0452 e. The first-order chi connectivity index (χ1) is 5.65. The van der Waals surface area contributed by atoms with Gasteiger partial charge in [0.15, 0.2) is 0 Å². The fraction of sp³-hybridized carbons (Fsp3) is 0.250. The van der Waals surface area contributed by atoms with Crippen LogP contribution in [0.4, 0.5) is 5.69 Å². The second kappa shape index (κ2) is 3.89. The Morgan fingerprint density at radius 3 is 2.75 bits per heavy atom. The van der Waals surface area contributed by atoms with E-state index in [0.717, 1.165) is 15.7 Å². The van der Waals surface area contributed by atoms with Crippen molar-refractivity contribution in [2.45, 2.75) is 13.0 Å². The average Bonchev–Trinajstić information content (AvgIpc) is 2.08. The highest BCUT2D eigenvalue weighted by molar-refractivity contribution is 9.10. The molecule has 1 rings (SSSR count). The van der Waals surface area contributed by atoms with Gasteiger partial charge in [-0.15, -0.1) is 0 Å². The van der Waals surface area contributed by atoms with Crippen LogP contribution in [0.3, 0.4) is 0 Å². The van der Waals surface area contributed by atoms with Gasteiger partial charge in [-0.25, -0.2) is 0 Å². The summed E-state index contributed by atoms with van der Waals surface area (Å²) in [4.78, 5) is 0. The normalized spacial score (nSPS) is 12.9.